The number of rotatable bonds is 7. The van der Waals surface area contributed by atoms with Crippen molar-refractivity contribution in [2.45, 2.75) is 13.8 Å². The largest absolute Gasteiger partial charge is 0.482 e. The Morgan fingerprint density at radius 3 is 2.21 bits per heavy atom. The fourth-order valence-electron chi connectivity index (χ4n) is 3.39. The lowest BCUT2D eigenvalue weighted by atomic mass is 10.1. The number of nitrogens with zero attached hydrogens (tertiary/aromatic N) is 3. The highest BCUT2D eigenvalue weighted by Gasteiger charge is 2.20. The Labute approximate surface area is 171 Å². The van der Waals surface area contributed by atoms with Gasteiger partial charge in [-0.05, 0) is 50.2 Å². The molecule has 7 nitrogen and oxygen atoms in total. The zero-order chi connectivity index (χ0) is 20.8. The first-order valence-corrected chi connectivity index (χ1v) is 9.70. The zero-order valence-electron chi connectivity index (χ0n) is 17.2. The Balaban J connectivity index is 1.49. The number of hydrogen-bond donors (Lipinski definition) is 0. The molecule has 0 saturated carbocycles. The summed E-state index contributed by atoms with van der Waals surface area (Å²) in [5, 5.41) is 0. The number of piperazine rings is 1. The molecule has 1 aliphatic rings. The van der Waals surface area contributed by atoms with Crippen LogP contribution in [0.15, 0.2) is 36.4 Å². The second-order valence-corrected chi connectivity index (χ2v) is 7.18. The third kappa shape index (κ3) is 5.77. The number of carbonyl (C=O) groups excluding carboxylic acids is 2. The lowest BCUT2D eigenvalue weighted by Gasteiger charge is -2.36. The number of methoxy groups -OCH3 is 1. The fourth-order valence-corrected chi connectivity index (χ4v) is 3.39. The van der Waals surface area contributed by atoms with Crippen LogP contribution in [0.1, 0.15) is 21.7 Å². The van der Waals surface area contributed by atoms with Gasteiger partial charge in [0.25, 0.3) is 0 Å². The molecule has 1 aromatic heterocycles. The third-order valence-corrected chi connectivity index (χ3v) is 4.93. The van der Waals surface area contributed by atoms with E-state index < -0.39 is 5.97 Å². The molecule has 1 fully saturated rings. The molecule has 0 atom stereocenters. The number of aromatic nitrogens is 1. The lowest BCUT2D eigenvalue weighted by Crippen LogP contribution is -2.48. The number of Topliss-reactive ketones (excluding diaryl/α,β-unsaturated/α-hetero) is 1. The Morgan fingerprint density at radius 1 is 1.00 bits per heavy atom. The number of pyridine rings is 1. The molecule has 7 heteroatoms. The molecular weight excluding hydrogens is 370 g/mol. The number of esters is 1. The summed E-state index contributed by atoms with van der Waals surface area (Å²) in [5.74, 6) is 0.165. The number of benzene rings is 1. The van der Waals surface area contributed by atoms with E-state index in [9.17, 15) is 9.59 Å². The van der Waals surface area contributed by atoms with E-state index >= 15 is 0 Å². The summed E-state index contributed by atoms with van der Waals surface area (Å²) in [5.41, 5.74) is 3.88. The lowest BCUT2D eigenvalue weighted by molar-refractivity contribution is -0.142. The van der Waals surface area contributed by atoms with Crippen molar-refractivity contribution in [3.05, 3.63) is 53.3 Å². The van der Waals surface area contributed by atoms with Crippen LogP contribution in [0.25, 0.3) is 0 Å². The van der Waals surface area contributed by atoms with Crippen molar-refractivity contribution in [2.75, 3.05) is 51.3 Å². The average Bonchev–Trinajstić information content (AvgIpc) is 2.72. The maximum atomic E-state index is 12.6. The van der Waals surface area contributed by atoms with Crippen molar-refractivity contribution < 1.29 is 19.1 Å². The molecule has 0 N–H and O–H groups in total. The van der Waals surface area contributed by atoms with Crippen LogP contribution < -0.4 is 9.64 Å². The third-order valence-electron chi connectivity index (χ3n) is 4.93. The summed E-state index contributed by atoms with van der Waals surface area (Å²) in [6.07, 6.45) is 0. The van der Waals surface area contributed by atoms with E-state index in [4.69, 9.17) is 4.74 Å². The van der Waals surface area contributed by atoms with Gasteiger partial charge in [0.1, 0.15) is 5.75 Å². The molecule has 0 unspecified atom stereocenters. The van der Waals surface area contributed by atoms with E-state index in [1.807, 2.05) is 13.8 Å². The van der Waals surface area contributed by atoms with Crippen LogP contribution in [0.4, 0.5) is 5.69 Å². The highest BCUT2D eigenvalue weighted by atomic mass is 16.6. The summed E-state index contributed by atoms with van der Waals surface area (Å²) in [4.78, 5) is 32.7. The first-order valence-electron chi connectivity index (χ1n) is 9.70. The molecule has 2 heterocycles. The van der Waals surface area contributed by atoms with Crippen molar-refractivity contribution in [1.29, 1.82) is 0 Å². The number of ether oxygens (including phenoxy) is 2. The van der Waals surface area contributed by atoms with Crippen molar-refractivity contribution in [3.63, 3.8) is 0 Å². The molecule has 0 bridgehead atoms. The Hall–Kier alpha value is -2.93. The van der Waals surface area contributed by atoms with Gasteiger partial charge < -0.3 is 14.4 Å². The van der Waals surface area contributed by atoms with Crippen LogP contribution in [0, 0.1) is 13.8 Å². The van der Waals surface area contributed by atoms with Gasteiger partial charge in [0.05, 0.1) is 13.7 Å². The molecule has 29 heavy (non-hydrogen) atoms. The molecule has 0 amide bonds. The van der Waals surface area contributed by atoms with Crippen LogP contribution in [-0.4, -0.2) is 68.1 Å². The zero-order valence-corrected chi connectivity index (χ0v) is 17.2. The van der Waals surface area contributed by atoms with Crippen LogP contribution in [0.3, 0.4) is 0 Å². The van der Waals surface area contributed by atoms with E-state index in [2.05, 4.69) is 31.7 Å². The molecule has 154 valence electrons. The minimum atomic E-state index is -0.443. The van der Waals surface area contributed by atoms with E-state index in [1.54, 1.807) is 24.3 Å². The summed E-state index contributed by atoms with van der Waals surface area (Å²) in [7, 11) is 1.31. The Morgan fingerprint density at radius 2 is 1.62 bits per heavy atom. The fraction of sp³-hybridized carbons (Fsp3) is 0.409. The Kier molecular flexibility index (Phi) is 6.82. The van der Waals surface area contributed by atoms with Crippen molar-refractivity contribution in [3.8, 4) is 5.75 Å². The summed E-state index contributed by atoms with van der Waals surface area (Å²) >= 11 is 0. The van der Waals surface area contributed by atoms with Crippen LogP contribution in [0.2, 0.25) is 0 Å². The number of ketones is 1. The smallest absolute Gasteiger partial charge is 0.343 e. The molecule has 0 spiro atoms. The second kappa shape index (κ2) is 9.52. The van der Waals surface area contributed by atoms with Gasteiger partial charge in [0, 0.05) is 48.8 Å². The van der Waals surface area contributed by atoms with Crippen molar-refractivity contribution in [2.24, 2.45) is 0 Å². The second-order valence-electron chi connectivity index (χ2n) is 7.18. The topological polar surface area (TPSA) is 72.0 Å². The SMILES string of the molecule is COC(=O)COc1ccc(C(=O)CN2CCN(c3cc(C)nc(C)c3)CC2)cc1. The number of anilines is 1. The Bertz CT molecular complexity index is 839. The maximum Gasteiger partial charge on any atom is 0.343 e. The van der Waals surface area contributed by atoms with Gasteiger partial charge >= 0.3 is 5.97 Å². The molecular formula is C22H27N3O4. The van der Waals surface area contributed by atoms with Gasteiger partial charge in [-0.3, -0.25) is 14.7 Å². The van der Waals surface area contributed by atoms with Crippen molar-refractivity contribution >= 4 is 17.4 Å². The van der Waals surface area contributed by atoms with Crippen LogP contribution in [-0.2, 0) is 9.53 Å². The number of carbonyl (C=O) groups is 2. The van der Waals surface area contributed by atoms with E-state index in [0.717, 1.165) is 37.6 Å². The molecule has 1 aliphatic heterocycles. The van der Waals surface area contributed by atoms with E-state index in [1.165, 1.54) is 12.8 Å². The molecule has 3 rings (SSSR count). The number of aryl methyl sites for hydroxylation is 2. The molecule has 1 aromatic carbocycles. The van der Waals surface area contributed by atoms with Gasteiger partial charge in [-0.2, -0.15) is 0 Å². The molecule has 0 aliphatic carbocycles. The number of hydrogen-bond acceptors (Lipinski definition) is 7. The minimum absolute atomic E-state index is 0.0774. The van der Waals surface area contributed by atoms with Gasteiger partial charge in [-0.1, -0.05) is 0 Å². The quantitative estimate of drug-likeness (QED) is 0.524. The predicted molar refractivity (Wildman–Crippen MR) is 111 cm³/mol. The predicted octanol–water partition coefficient (Wildman–Crippen LogP) is 2.26. The molecule has 1 saturated heterocycles. The summed E-state index contributed by atoms with van der Waals surface area (Å²) in [6, 6.07) is 11.1. The molecule has 2 aromatic rings. The van der Waals surface area contributed by atoms with E-state index in [-0.39, 0.29) is 12.4 Å². The summed E-state index contributed by atoms with van der Waals surface area (Å²) in [6.45, 7) is 7.72. The average molecular weight is 397 g/mol. The van der Waals surface area contributed by atoms with Gasteiger partial charge in [-0.25, -0.2) is 4.79 Å². The van der Waals surface area contributed by atoms with Crippen LogP contribution in [0.5, 0.6) is 5.75 Å². The van der Waals surface area contributed by atoms with Gasteiger partial charge in [-0.15, -0.1) is 0 Å². The van der Waals surface area contributed by atoms with E-state index in [0.29, 0.717) is 17.9 Å². The monoisotopic (exact) mass is 397 g/mol. The first kappa shape index (κ1) is 20.8. The first-order chi connectivity index (χ1) is 13.9. The highest BCUT2D eigenvalue weighted by Crippen LogP contribution is 2.19. The standard InChI is InChI=1S/C22H27N3O4/c1-16-12-19(13-17(2)23-16)25-10-8-24(9-11-25)14-21(26)18-4-6-20(7-5-18)29-15-22(27)28-3/h4-7,12-13H,8-11,14-15H2,1-3H3. The van der Waals surface area contributed by atoms with Crippen molar-refractivity contribution in [1.82, 2.24) is 9.88 Å². The highest BCUT2D eigenvalue weighted by molar-refractivity contribution is 5.97. The summed E-state index contributed by atoms with van der Waals surface area (Å²) < 4.78 is 9.84. The minimum Gasteiger partial charge on any atom is -0.482 e. The maximum absolute atomic E-state index is 12.6. The van der Waals surface area contributed by atoms with Crippen LogP contribution >= 0.6 is 0 Å². The van der Waals surface area contributed by atoms with Gasteiger partial charge in [0.2, 0.25) is 0 Å². The molecule has 0 radical (unpaired) electrons. The normalized spacial score (nSPS) is 14.5. The van der Waals surface area contributed by atoms with Gasteiger partial charge in [0.15, 0.2) is 12.4 Å².